The fourth-order valence-electron chi connectivity index (χ4n) is 3.59. The quantitative estimate of drug-likeness (QED) is 0.626. The van der Waals surface area contributed by atoms with Crippen molar-refractivity contribution in [3.8, 4) is 11.5 Å². The first kappa shape index (κ1) is 25.0. The molecular weight excluding hydrogens is 444 g/mol. The summed E-state index contributed by atoms with van der Waals surface area (Å²) in [5.41, 5.74) is 2.40. The first-order valence-corrected chi connectivity index (χ1v) is 12.4. The van der Waals surface area contributed by atoms with Gasteiger partial charge in [0.05, 0.1) is 20.3 Å². The summed E-state index contributed by atoms with van der Waals surface area (Å²) < 4.78 is 44.2. The van der Waals surface area contributed by atoms with Gasteiger partial charge < -0.3 is 19.5 Å². The fraction of sp³-hybridized carbons (Fsp3) is 0.458. The molecule has 0 aromatic heterocycles. The van der Waals surface area contributed by atoms with Gasteiger partial charge in [-0.3, -0.25) is 4.79 Å². The number of hydrogen-bond donors (Lipinski definition) is 1. The lowest BCUT2D eigenvalue weighted by Crippen LogP contribution is -2.40. The molecule has 1 aliphatic heterocycles. The van der Waals surface area contributed by atoms with Crippen molar-refractivity contribution < 1.29 is 27.4 Å². The van der Waals surface area contributed by atoms with Gasteiger partial charge in [-0.25, -0.2) is 8.42 Å². The average Bonchev–Trinajstić information content (AvgIpc) is 2.79. The van der Waals surface area contributed by atoms with Crippen LogP contribution in [-0.4, -0.2) is 58.1 Å². The molecule has 3 rings (SSSR count). The molecule has 2 aromatic rings. The van der Waals surface area contributed by atoms with E-state index < -0.39 is 16.1 Å². The van der Waals surface area contributed by atoms with Gasteiger partial charge in [-0.15, -0.1) is 0 Å². The molecule has 1 fully saturated rings. The van der Waals surface area contributed by atoms with Crippen molar-refractivity contribution in [1.82, 2.24) is 4.31 Å². The normalized spacial score (nSPS) is 15.8. The topological polar surface area (TPSA) is 94.2 Å². The van der Waals surface area contributed by atoms with Gasteiger partial charge in [0.2, 0.25) is 10.0 Å². The van der Waals surface area contributed by atoms with E-state index in [1.165, 1.54) is 23.5 Å². The van der Waals surface area contributed by atoms with E-state index in [9.17, 15) is 13.2 Å². The molecule has 180 valence electrons. The third kappa shape index (κ3) is 5.85. The molecule has 9 heteroatoms. The van der Waals surface area contributed by atoms with E-state index in [0.29, 0.717) is 24.7 Å². The van der Waals surface area contributed by atoms with Crippen molar-refractivity contribution in [2.45, 2.75) is 44.6 Å². The Morgan fingerprint density at radius 3 is 2.39 bits per heavy atom. The van der Waals surface area contributed by atoms with Gasteiger partial charge in [-0.2, -0.15) is 4.31 Å². The van der Waals surface area contributed by atoms with Crippen molar-refractivity contribution in [2.75, 3.05) is 38.7 Å². The van der Waals surface area contributed by atoms with Gasteiger partial charge in [-0.05, 0) is 55.2 Å². The summed E-state index contributed by atoms with van der Waals surface area (Å²) in [6.07, 6.45) is -0.786. The van der Waals surface area contributed by atoms with Crippen LogP contribution in [0.1, 0.15) is 37.8 Å². The second-order valence-corrected chi connectivity index (χ2v) is 10.2. The number of amides is 1. The highest BCUT2D eigenvalue weighted by Crippen LogP contribution is 2.31. The van der Waals surface area contributed by atoms with Crippen LogP contribution < -0.4 is 14.8 Å². The number of benzene rings is 2. The minimum atomic E-state index is -3.81. The Kier molecular flexibility index (Phi) is 7.99. The van der Waals surface area contributed by atoms with Gasteiger partial charge in [0.15, 0.2) is 6.10 Å². The third-order valence-corrected chi connectivity index (χ3v) is 7.40. The highest BCUT2D eigenvalue weighted by atomic mass is 32.2. The second-order valence-electron chi connectivity index (χ2n) is 8.33. The largest absolute Gasteiger partial charge is 0.495 e. The van der Waals surface area contributed by atoms with E-state index in [-0.39, 0.29) is 35.6 Å². The first-order chi connectivity index (χ1) is 15.6. The Balaban J connectivity index is 1.80. The Morgan fingerprint density at radius 2 is 1.76 bits per heavy atom. The lowest BCUT2D eigenvalue weighted by Gasteiger charge is -2.27. The number of hydrogen-bond acceptors (Lipinski definition) is 6. The average molecular weight is 477 g/mol. The van der Waals surface area contributed by atoms with E-state index >= 15 is 0 Å². The van der Waals surface area contributed by atoms with Gasteiger partial charge in [0.1, 0.15) is 16.4 Å². The summed E-state index contributed by atoms with van der Waals surface area (Å²) in [7, 11) is -2.39. The molecule has 33 heavy (non-hydrogen) atoms. The lowest BCUT2D eigenvalue weighted by molar-refractivity contribution is -0.122. The number of carbonyl (C=O) groups excluding carboxylic acids is 1. The number of nitrogens with zero attached hydrogens (tertiary/aromatic N) is 1. The maximum atomic E-state index is 13.2. The fourth-order valence-corrected chi connectivity index (χ4v) is 5.18. The number of ether oxygens (including phenoxy) is 3. The number of sulfonamides is 1. The molecule has 1 atom stereocenters. The minimum absolute atomic E-state index is 0.000880. The Morgan fingerprint density at radius 1 is 1.06 bits per heavy atom. The van der Waals surface area contributed by atoms with Crippen LogP contribution in [0.5, 0.6) is 11.5 Å². The Labute approximate surface area is 195 Å². The maximum Gasteiger partial charge on any atom is 0.265 e. The van der Waals surface area contributed by atoms with Crippen molar-refractivity contribution >= 4 is 21.6 Å². The second kappa shape index (κ2) is 10.5. The summed E-state index contributed by atoms with van der Waals surface area (Å²) in [4.78, 5) is 12.9. The van der Waals surface area contributed by atoms with E-state index in [4.69, 9.17) is 14.2 Å². The van der Waals surface area contributed by atoms with E-state index in [1.807, 2.05) is 25.1 Å². The molecule has 1 amide bonds. The summed E-state index contributed by atoms with van der Waals surface area (Å²) in [5, 5.41) is 2.76. The number of anilines is 1. The molecule has 0 saturated carbocycles. The van der Waals surface area contributed by atoms with E-state index in [1.54, 1.807) is 13.0 Å². The summed E-state index contributed by atoms with van der Waals surface area (Å²) in [6.45, 7) is 8.97. The summed E-state index contributed by atoms with van der Waals surface area (Å²) in [5.74, 6) is 0.736. The molecule has 1 heterocycles. The maximum absolute atomic E-state index is 13.2. The van der Waals surface area contributed by atoms with Crippen LogP contribution >= 0.6 is 0 Å². The van der Waals surface area contributed by atoms with E-state index in [0.717, 1.165) is 11.1 Å². The van der Waals surface area contributed by atoms with Gasteiger partial charge in [0.25, 0.3) is 5.91 Å². The zero-order valence-corrected chi connectivity index (χ0v) is 20.6. The van der Waals surface area contributed by atoms with E-state index in [2.05, 4.69) is 19.2 Å². The van der Waals surface area contributed by atoms with Crippen molar-refractivity contribution in [3.05, 3.63) is 47.5 Å². The molecule has 2 aromatic carbocycles. The van der Waals surface area contributed by atoms with Crippen LogP contribution in [0.25, 0.3) is 0 Å². The zero-order valence-electron chi connectivity index (χ0n) is 19.8. The highest BCUT2D eigenvalue weighted by Gasteiger charge is 2.30. The monoisotopic (exact) mass is 476 g/mol. The number of nitrogens with one attached hydrogen (secondary N) is 1. The lowest BCUT2D eigenvalue weighted by atomic mass is 10.0. The SMILES string of the molecule is COc1ccc(NC(=O)C(C)Oc2cc(C)ccc2C(C)C)cc1S(=O)(=O)N1CCOCC1. The van der Waals surface area contributed by atoms with Crippen LogP contribution in [0.3, 0.4) is 0 Å². The molecule has 0 spiro atoms. The summed E-state index contributed by atoms with van der Waals surface area (Å²) >= 11 is 0. The number of methoxy groups -OCH3 is 1. The van der Waals surface area contributed by atoms with Crippen molar-refractivity contribution in [2.24, 2.45) is 0 Å². The van der Waals surface area contributed by atoms with Crippen molar-refractivity contribution in [1.29, 1.82) is 0 Å². The Hall–Kier alpha value is -2.62. The van der Waals surface area contributed by atoms with Crippen LogP contribution in [-0.2, 0) is 19.6 Å². The Bertz CT molecular complexity index is 1090. The smallest absolute Gasteiger partial charge is 0.265 e. The molecule has 1 unspecified atom stereocenters. The number of carbonyl (C=O) groups is 1. The molecule has 8 nitrogen and oxygen atoms in total. The molecule has 0 radical (unpaired) electrons. The number of morpholine rings is 1. The van der Waals surface area contributed by atoms with Crippen LogP contribution in [0.2, 0.25) is 0 Å². The van der Waals surface area contributed by atoms with Crippen LogP contribution in [0, 0.1) is 6.92 Å². The molecular formula is C24H32N2O6S. The molecule has 1 saturated heterocycles. The molecule has 1 aliphatic rings. The zero-order chi connectivity index (χ0) is 24.2. The van der Waals surface area contributed by atoms with Gasteiger partial charge in [-0.1, -0.05) is 26.0 Å². The molecule has 0 bridgehead atoms. The third-order valence-electron chi connectivity index (χ3n) is 5.48. The van der Waals surface area contributed by atoms with Gasteiger partial charge >= 0.3 is 0 Å². The van der Waals surface area contributed by atoms with Crippen LogP contribution in [0.4, 0.5) is 5.69 Å². The number of aryl methyl sites for hydroxylation is 1. The van der Waals surface area contributed by atoms with Gasteiger partial charge in [0, 0.05) is 18.8 Å². The molecule has 1 N–H and O–H groups in total. The minimum Gasteiger partial charge on any atom is -0.495 e. The predicted molar refractivity (Wildman–Crippen MR) is 127 cm³/mol. The van der Waals surface area contributed by atoms with Crippen molar-refractivity contribution in [3.63, 3.8) is 0 Å². The standard InChI is InChI=1S/C24H32N2O6S/c1-16(2)20-8-6-17(3)14-22(20)32-18(4)24(27)25-19-7-9-21(30-5)23(15-19)33(28,29)26-10-12-31-13-11-26/h6-9,14-16,18H,10-13H2,1-5H3,(H,25,27). The first-order valence-electron chi connectivity index (χ1n) is 11.0. The summed E-state index contributed by atoms with van der Waals surface area (Å²) in [6, 6.07) is 10.5. The highest BCUT2D eigenvalue weighted by molar-refractivity contribution is 7.89. The molecule has 0 aliphatic carbocycles. The predicted octanol–water partition coefficient (Wildman–Crippen LogP) is 3.55. The number of rotatable bonds is 8. The van der Waals surface area contributed by atoms with Crippen LogP contribution in [0.15, 0.2) is 41.3 Å².